The van der Waals surface area contributed by atoms with Crippen molar-refractivity contribution in [1.29, 1.82) is 0 Å². The van der Waals surface area contributed by atoms with Crippen LogP contribution in [-0.4, -0.2) is 289 Å². The minimum atomic E-state index is -5.08. The molecule has 9 aliphatic heterocycles. The summed E-state index contributed by atoms with van der Waals surface area (Å²) in [7, 11) is -25.7. The number of imidazole rings is 6. The van der Waals surface area contributed by atoms with Gasteiger partial charge in [0, 0.05) is 18.6 Å². The number of nitrogens with zero attached hydrogens (tertiary/aromatic N) is 21. The lowest BCUT2D eigenvalue weighted by Gasteiger charge is -2.29. The van der Waals surface area contributed by atoms with E-state index in [-0.39, 0.29) is 79.1 Å². The first kappa shape index (κ1) is 92.1. The number of hydrogen-bond donors (Lipinski definition) is 9. The fourth-order valence-corrected chi connectivity index (χ4v) is 21.1. The monoisotopic (exact) mass is 1990 g/mol. The van der Waals surface area contributed by atoms with E-state index in [4.69, 9.17) is 129 Å². The van der Waals surface area contributed by atoms with Gasteiger partial charge in [-0.15, -0.1) is 0 Å². The van der Waals surface area contributed by atoms with Crippen LogP contribution in [0.5, 0.6) is 0 Å². The number of nitrogen functional groups attached to an aromatic ring is 6. The van der Waals surface area contributed by atoms with E-state index in [1.165, 1.54) is 102 Å². The topological polar surface area (TPSA) is 691 Å². The molecule has 53 nitrogen and oxygen atoms in total. The molecule has 12 aromatic rings. The Morgan fingerprint density at radius 3 is 0.909 bits per heavy atom. The zero-order valence-electron chi connectivity index (χ0n) is 64.7. The lowest BCUT2D eigenvalue weighted by atomic mass is 10.1. The minimum Gasteiger partial charge on any atom is -0.397 e. The number of ether oxygens (including phenoxy) is 6. The normalized spacial score (nSPS) is 38.3. The van der Waals surface area contributed by atoms with Gasteiger partial charge in [-0.25, -0.2) is 110 Å². The molecule has 21 heterocycles. The Morgan fingerprint density at radius 1 is 0.311 bits per heavy atom. The predicted octanol–water partition coefficient (Wildman–Crippen LogP) is 1.01. The van der Waals surface area contributed by atoms with Gasteiger partial charge in [0.2, 0.25) is 0 Å². The fourth-order valence-electron chi connectivity index (χ4n) is 15.5. The third-order valence-electron chi connectivity index (χ3n) is 21.5. The van der Waals surface area contributed by atoms with E-state index in [1.807, 2.05) is 0 Å². The number of pyridine rings is 3. The molecule has 15 N–H and O–H groups in total. The number of halogens is 6. The molecule has 30 atom stereocenters. The maximum absolute atomic E-state index is 16.0. The van der Waals surface area contributed by atoms with Crippen molar-refractivity contribution >= 4 is 181 Å². The highest BCUT2D eigenvalue weighted by Crippen LogP contribution is 2.60. The maximum Gasteiger partial charge on any atom is 0.472 e. The van der Waals surface area contributed by atoms with Gasteiger partial charge < -0.3 is 123 Å². The van der Waals surface area contributed by atoms with Crippen LogP contribution >= 0.6 is 44.8 Å². The van der Waals surface area contributed by atoms with Gasteiger partial charge in [0.1, 0.15) is 148 Å². The van der Waals surface area contributed by atoms with Crippen LogP contribution in [-0.2, 0) is 117 Å². The van der Waals surface area contributed by atoms with Gasteiger partial charge in [0.15, 0.2) is 126 Å². The zero-order valence-corrected chi connectivity index (χ0v) is 70.9. The van der Waals surface area contributed by atoms with Gasteiger partial charge in [-0.05, 0) is 30.0 Å². The molecule has 6 bridgehead atoms. The average Bonchev–Trinajstić information content (AvgIpc) is 1.62. The molecule has 0 aliphatic carbocycles. The van der Waals surface area contributed by atoms with Crippen molar-refractivity contribution in [3.8, 4) is 0 Å². The lowest BCUT2D eigenvalue weighted by molar-refractivity contribution is -0.0630. The van der Waals surface area contributed by atoms with Gasteiger partial charge in [-0.2, -0.15) is 0 Å². The van der Waals surface area contributed by atoms with E-state index in [1.54, 1.807) is 6.07 Å². The van der Waals surface area contributed by atoms with Crippen LogP contribution in [0.4, 0.5) is 60.9 Å². The molecule has 5 unspecified atom stereocenters. The summed E-state index contributed by atoms with van der Waals surface area (Å²) < 4.78 is 271. The van der Waals surface area contributed by atoms with Crippen molar-refractivity contribution in [3.63, 3.8) is 0 Å². The van der Waals surface area contributed by atoms with Gasteiger partial charge >= 0.3 is 22.4 Å². The molecule has 21 rings (SSSR count). The lowest BCUT2D eigenvalue weighted by Crippen LogP contribution is -2.34. The standard InChI is InChI=1S/2C21H25BF2N9O9P2.C21H25BF2N9O8P2S/c22-43(34)37-4-10-15(12(24)20(40-10)32-7-31-14-17(26)28-5-29-19(14)32)42-44(35,36)38-3-9-11(23)16(41-43)21(39-9)33-6-30-13-8(25)1-2-27-18(13)33;22-43(34)37-3-9-11(23)16(21(39-9)33-6-30-13-8(25)1-2-27-18(13)33)42-44(35,36)38-4-10-15(41-43)12(24)20(40-10)32-7-31-14-17(26)28-5-29-19(14)32;22-42(34)36-4-10-15(12(24)20(39-10)32-7-31-14-17(26)28-5-29-19(14)32)41-43(35,44)37-3-9-11(23)16(40-42)21(38-9)33-6-30-13-8(25)1-2-27-18(13)33/h2*1-2,5-7,9-12,15-16,20-21H,3-4H2,22H3,(H2,25,27)(H,35,36)(H2,26,28,29);1-2,5-7,9-12,15-16,20-21H,3-4H2,22H3,(H2,25,27)(H,35,44)(H2,26,28,29)/q3*-1/t9-,10-,11-,12-,15-,16-,20-,21-,43-;9-,10-,11-,12-,15-,16-,20-,21-,43?;9-,10-,11-,12-,15-,16-,20-,21-,42?,43?/m111/s1. The number of anilines is 6. The number of hydrogen-bond acceptors (Lipinski definition) is 45. The summed E-state index contributed by atoms with van der Waals surface area (Å²) in [6.45, 7) is -8.13. The first-order valence-corrected chi connectivity index (χ1v) is 46.8. The maximum atomic E-state index is 16.0. The molecular formula is C63H75B3F6N27O26P6S-3. The summed E-state index contributed by atoms with van der Waals surface area (Å²) in [6.07, 6.45) is -22.8. The molecule has 69 heteroatoms. The Hall–Kier alpha value is -8.96. The third kappa shape index (κ3) is 17.6. The summed E-state index contributed by atoms with van der Waals surface area (Å²) in [5.41, 5.74) is 39.1. The van der Waals surface area contributed by atoms with Crippen molar-refractivity contribution < 1.29 is 147 Å². The molecule has 0 amide bonds. The number of phosphoric acid groups is 2. The van der Waals surface area contributed by atoms with Crippen LogP contribution in [0.3, 0.4) is 0 Å². The quantitative estimate of drug-likeness (QED) is 0.0637. The summed E-state index contributed by atoms with van der Waals surface area (Å²) >= 11 is 5.17. The van der Waals surface area contributed by atoms with Crippen LogP contribution in [0.1, 0.15) is 37.4 Å². The van der Waals surface area contributed by atoms with Gasteiger partial charge in [0.05, 0.1) is 117 Å². The van der Waals surface area contributed by atoms with Crippen molar-refractivity contribution in [2.75, 3.05) is 74.0 Å². The largest absolute Gasteiger partial charge is 0.472 e. The van der Waals surface area contributed by atoms with Crippen molar-refractivity contribution in [1.82, 2.24) is 102 Å². The van der Waals surface area contributed by atoms with E-state index in [0.717, 1.165) is 12.7 Å². The average molecular weight is 1990 g/mol. The molecule has 0 radical (unpaired) electrons. The number of phosphoric ester groups is 2. The molecule has 9 saturated heterocycles. The Kier molecular flexibility index (Phi) is 24.6. The second kappa shape index (κ2) is 35.3. The highest BCUT2D eigenvalue weighted by Gasteiger charge is 2.59. The molecule has 132 heavy (non-hydrogen) atoms. The number of aromatic nitrogens is 21. The van der Waals surface area contributed by atoms with Gasteiger partial charge in [-0.1, -0.05) is 0 Å². The Bertz CT molecular complexity index is 6130. The van der Waals surface area contributed by atoms with Crippen LogP contribution < -0.4 is 34.4 Å². The van der Waals surface area contributed by atoms with Crippen molar-refractivity contribution in [2.45, 2.75) is 148 Å². The summed E-state index contributed by atoms with van der Waals surface area (Å²) in [5, 5.41) is 0. The van der Waals surface area contributed by atoms with Crippen LogP contribution in [0.2, 0.25) is 0 Å². The number of fused-ring (bicyclic) bond motifs is 15. The summed E-state index contributed by atoms with van der Waals surface area (Å²) in [6, 6.07) is 4.60. The van der Waals surface area contributed by atoms with Gasteiger partial charge in [0.25, 0.3) is 0 Å². The summed E-state index contributed by atoms with van der Waals surface area (Å²) in [5.74, 6) is 0.166. The second-order valence-electron chi connectivity index (χ2n) is 29.2. The molecule has 9 fully saturated rings. The second-order valence-corrected chi connectivity index (χ2v) is 37.6. The van der Waals surface area contributed by atoms with E-state index in [9.17, 15) is 37.5 Å². The first-order chi connectivity index (χ1) is 62.8. The van der Waals surface area contributed by atoms with Crippen LogP contribution in [0.25, 0.3) is 67.0 Å². The highest BCUT2D eigenvalue weighted by atomic mass is 32.5. The minimum absolute atomic E-state index is 0.0415. The SMILES string of the molecule is [BH3-]P1(=O)OC[C@H]2O[C@@H](n3cnc4c(N)ccnc43)[C@H](OP(=O)(O)OC[C@H]3O[C@@H](n4cnc5c(N)ncnc54)[C@H](F)[C@@H]3O1)[C@@H]2F.[BH3-]P1(=O)OC[C@H]2O[C@@H](n3cnc4c(N)ncnc43)[C@H](F)[C@@H]2OP(O)(=S)OC[C@H]2O[C@@H](n3cnc4c(N)ccnc43)[C@H](O1)[C@@H]2F.[BH3-][P@@]1(=O)OC[C@H]2O[C@@H](n3cnc4c(N)ncnc43)[C@H](F)[C@@H]2OP(=O)(O)OC[C@H]2O[C@@H](n3cnc4c(N)ccnc43)[C@H](O1)[C@@H]2F. The Balaban J connectivity index is 0.000000128. The third-order valence-corrected chi connectivity index (χ3v) is 27.4. The van der Waals surface area contributed by atoms with E-state index < -0.39 is 255 Å². The van der Waals surface area contributed by atoms with Crippen LogP contribution in [0.15, 0.2) is 93.7 Å². The molecule has 0 saturated carbocycles. The Labute approximate surface area is 741 Å². The molecular weight excluding hydrogens is 1920 g/mol. The molecule has 12 aromatic heterocycles. The molecule has 0 spiro atoms. The summed E-state index contributed by atoms with van der Waals surface area (Å²) in [4.78, 5) is 93.7. The van der Waals surface area contributed by atoms with E-state index in [0.29, 0.717) is 22.4 Å². The van der Waals surface area contributed by atoms with Gasteiger partial charge in [-0.3, -0.25) is 50.0 Å². The molecule has 9 aliphatic rings. The predicted molar refractivity (Wildman–Crippen MR) is 452 cm³/mol. The number of nitrogens with two attached hydrogens (primary N) is 6. The van der Waals surface area contributed by atoms with Crippen molar-refractivity contribution in [3.05, 3.63) is 93.7 Å². The first-order valence-electron chi connectivity index (χ1n) is 37.9. The van der Waals surface area contributed by atoms with E-state index in [2.05, 4.69) is 74.8 Å². The fraction of sp³-hybridized carbons (Fsp3) is 0.476. The van der Waals surface area contributed by atoms with Crippen molar-refractivity contribution in [2.24, 2.45) is 0 Å². The van der Waals surface area contributed by atoms with Crippen LogP contribution in [0, 0.1) is 0 Å². The number of rotatable bonds is 6. The molecule has 0 aromatic carbocycles. The highest BCUT2D eigenvalue weighted by molar-refractivity contribution is 8.07. The zero-order chi connectivity index (χ0) is 92.9. The molecule has 708 valence electrons. The number of alkyl halides is 6. The van der Waals surface area contributed by atoms with E-state index >= 15 is 26.3 Å². The smallest absolute Gasteiger partial charge is 0.397 e. The Morgan fingerprint density at radius 2 is 0.561 bits per heavy atom.